The van der Waals surface area contributed by atoms with Crippen LogP contribution in [0.2, 0.25) is 5.02 Å². The smallest absolute Gasteiger partial charge is 0.255 e. The second-order valence-electron chi connectivity index (χ2n) is 6.08. The molecule has 2 aromatic carbocycles. The molecule has 0 aliphatic heterocycles. The summed E-state index contributed by atoms with van der Waals surface area (Å²) in [4.78, 5) is 24.3. The van der Waals surface area contributed by atoms with Gasteiger partial charge in [-0.05, 0) is 48.7 Å². The number of hydrogen-bond donors (Lipinski definition) is 2. The van der Waals surface area contributed by atoms with Crippen molar-refractivity contribution >= 4 is 29.1 Å². The number of nitrogens with one attached hydrogen (secondary N) is 2. The Balaban J connectivity index is 1.88. The molecule has 7 heteroatoms. The Labute approximate surface area is 154 Å². The molecule has 1 aliphatic rings. The highest BCUT2D eigenvalue weighted by molar-refractivity contribution is 6.31. The van der Waals surface area contributed by atoms with E-state index in [9.17, 15) is 18.4 Å². The van der Waals surface area contributed by atoms with Crippen LogP contribution in [-0.4, -0.2) is 11.8 Å². The summed E-state index contributed by atoms with van der Waals surface area (Å²) in [5.41, 5.74) is 1.61. The fourth-order valence-corrected chi connectivity index (χ4v) is 3.32. The molecular weight excluding hydrogens is 362 g/mol. The highest BCUT2D eigenvalue weighted by atomic mass is 35.5. The van der Waals surface area contributed by atoms with Crippen molar-refractivity contribution in [1.82, 2.24) is 5.32 Å². The number of rotatable bonds is 4. The average Bonchev–Trinajstić information content (AvgIpc) is 3.02. The predicted octanol–water partition coefficient (Wildman–Crippen LogP) is 4.38. The van der Waals surface area contributed by atoms with Crippen molar-refractivity contribution in [3.05, 3.63) is 63.7 Å². The summed E-state index contributed by atoms with van der Waals surface area (Å²) in [6.45, 7) is 1.72. The van der Waals surface area contributed by atoms with Gasteiger partial charge in [0.15, 0.2) is 0 Å². The molecule has 3 rings (SSSR count). The summed E-state index contributed by atoms with van der Waals surface area (Å²) in [5.74, 6) is -1.63. The van der Waals surface area contributed by atoms with Gasteiger partial charge in [-0.25, -0.2) is 8.78 Å². The van der Waals surface area contributed by atoms with Gasteiger partial charge in [0.25, 0.3) is 5.91 Å². The maximum atomic E-state index is 14.3. The summed E-state index contributed by atoms with van der Waals surface area (Å²) in [7, 11) is 0. The minimum Gasteiger partial charge on any atom is -0.349 e. The third-order valence-electron chi connectivity index (χ3n) is 4.41. The van der Waals surface area contributed by atoms with Gasteiger partial charge < -0.3 is 10.6 Å². The molecule has 2 aromatic rings. The van der Waals surface area contributed by atoms with Gasteiger partial charge in [-0.2, -0.15) is 0 Å². The molecule has 0 spiro atoms. The molecule has 2 N–H and O–H groups in total. The quantitative estimate of drug-likeness (QED) is 0.829. The standard InChI is InChI=1S/C19H17ClF2N2O2/c1-2-17(25)24-16-8-5-11-12(4-7-15(22)18(11)16)19(26)23-10-3-6-14(21)13(20)9-10/h3-4,6-7,9,16H,2,5,8H2,1H3,(H,23,26)(H,24,25)/t16-/m0/s1. The third-order valence-corrected chi connectivity index (χ3v) is 4.70. The van der Waals surface area contributed by atoms with E-state index >= 15 is 0 Å². The zero-order chi connectivity index (χ0) is 18.8. The van der Waals surface area contributed by atoms with Crippen molar-refractivity contribution in [3.63, 3.8) is 0 Å². The minimum atomic E-state index is -0.582. The van der Waals surface area contributed by atoms with Gasteiger partial charge >= 0.3 is 0 Å². The number of carbonyl (C=O) groups excluding carboxylic acids is 2. The maximum absolute atomic E-state index is 14.3. The molecule has 0 aromatic heterocycles. The van der Waals surface area contributed by atoms with Crippen molar-refractivity contribution in [2.45, 2.75) is 32.2 Å². The van der Waals surface area contributed by atoms with Crippen molar-refractivity contribution in [3.8, 4) is 0 Å². The zero-order valence-electron chi connectivity index (χ0n) is 14.0. The molecule has 0 saturated heterocycles. The molecule has 26 heavy (non-hydrogen) atoms. The molecule has 0 heterocycles. The zero-order valence-corrected chi connectivity index (χ0v) is 14.8. The predicted molar refractivity (Wildman–Crippen MR) is 95.3 cm³/mol. The number of amides is 2. The highest BCUT2D eigenvalue weighted by Gasteiger charge is 2.30. The lowest BCUT2D eigenvalue weighted by Gasteiger charge is -2.15. The van der Waals surface area contributed by atoms with E-state index in [1.165, 1.54) is 24.3 Å². The van der Waals surface area contributed by atoms with Gasteiger partial charge in [0.05, 0.1) is 11.1 Å². The van der Waals surface area contributed by atoms with E-state index in [-0.39, 0.29) is 10.9 Å². The molecule has 1 atom stereocenters. The lowest BCUT2D eigenvalue weighted by Crippen LogP contribution is -2.27. The van der Waals surface area contributed by atoms with Crippen LogP contribution in [0.5, 0.6) is 0 Å². The molecule has 0 radical (unpaired) electrons. The van der Waals surface area contributed by atoms with E-state index in [1.54, 1.807) is 6.92 Å². The van der Waals surface area contributed by atoms with Crippen LogP contribution in [0, 0.1) is 11.6 Å². The average molecular weight is 379 g/mol. The van der Waals surface area contributed by atoms with Crippen molar-refractivity contribution in [2.75, 3.05) is 5.32 Å². The first-order valence-corrected chi connectivity index (χ1v) is 8.65. The summed E-state index contributed by atoms with van der Waals surface area (Å²) in [5, 5.41) is 5.33. The number of anilines is 1. The Kier molecular flexibility index (Phi) is 5.23. The van der Waals surface area contributed by atoms with E-state index in [2.05, 4.69) is 10.6 Å². The van der Waals surface area contributed by atoms with E-state index in [0.29, 0.717) is 41.6 Å². The topological polar surface area (TPSA) is 58.2 Å². The van der Waals surface area contributed by atoms with E-state index in [1.807, 2.05) is 0 Å². The number of carbonyl (C=O) groups is 2. The van der Waals surface area contributed by atoms with Crippen molar-refractivity contribution < 1.29 is 18.4 Å². The first-order valence-electron chi connectivity index (χ1n) is 8.27. The third kappa shape index (κ3) is 3.55. The molecule has 2 amide bonds. The Morgan fingerprint density at radius 1 is 1.19 bits per heavy atom. The second kappa shape index (κ2) is 7.41. The van der Waals surface area contributed by atoms with Crippen molar-refractivity contribution in [1.29, 1.82) is 0 Å². The summed E-state index contributed by atoms with van der Waals surface area (Å²) < 4.78 is 27.6. The number of fused-ring (bicyclic) bond motifs is 1. The highest BCUT2D eigenvalue weighted by Crippen LogP contribution is 2.36. The lowest BCUT2D eigenvalue weighted by atomic mass is 10.0. The van der Waals surface area contributed by atoms with Gasteiger partial charge in [0, 0.05) is 23.2 Å². The largest absolute Gasteiger partial charge is 0.349 e. The van der Waals surface area contributed by atoms with Crippen LogP contribution in [0.3, 0.4) is 0 Å². The van der Waals surface area contributed by atoms with E-state index < -0.39 is 23.6 Å². The Hall–Kier alpha value is -2.47. The molecular formula is C19H17ClF2N2O2. The van der Waals surface area contributed by atoms with Crippen LogP contribution in [0.15, 0.2) is 30.3 Å². The minimum absolute atomic E-state index is 0.102. The van der Waals surface area contributed by atoms with Crippen LogP contribution in [0.25, 0.3) is 0 Å². The number of halogens is 3. The number of benzene rings is 2. The number of hydrogen-bond acceptors (Lipinski definition) is 2. The van der Waals surface area contributed by atoms with E-state index in [4.69, 9.17) is 11.6 Å². The van der Waals surface area contributed by atoms with Gasteiger partial charge in [0.2, 0.25) is 5.91 Å². The molecule has 136 valence electrons. The Bertz CT molecular complexity index is 886. The van der Waals surface area contributed by atoms with Crippen LogP contribution >= 0.6 is 11.6 Å². The van der Waals surface area contributed by atoms with Crippen LogP contribution in [0.1, 0.15) is 47.3 Å². The summed E-state index contributed by atoms with van der Waals surface area (Å²) >= 11 is 5.72. The Morgan fingerprint density at radius 2 is 1.92 bits per heavy atom. The molecule has 4 nitrogen and oxygen atoms in total. The fourth-order valence-electron chi connectivity index (χ4n) is 3.14. The van der Waals surface area contributed by atoms with Gasteiger partial charge in [-0.1, -0.05) is 18.5 Å². The first-order chi connectivity index (χ1) is 12.4. The molecule has 0 saturated carbocycles. The molecule has 1 aliphatic carbocycles. The summed E-state index contributed by atoms with van der Waals surface area (Å²) in [6, 6.07) is 6.06. The fraction of sp³-hybridized carbons (Fsp3) is 0.263. The molecule has 0 unspecified atom stereocenters. The SMILES string of the molecule is CCC(=O)N[C@H]1CCc2c(C(=O)Nc3ccc(F)c(Cl)c3)ccc(F)c21. The summed E-state index contributed by atoms with van der Waals surface area (Å²) in [6.07, 6.45) is 1.32. The van der Waals surface area contributed by atoms with Crippen LogP contribution < -0.4 is 10.6 Å². The van der Waals surface area contributed by atoms with Crippen LogP contribution in [-0.2, 0) is 11.2 Å². The maximum Gasteiger partial charge on any atom is 0.255 e. The van der Waals surface area contributed by atoms with Crippen LogP contribution in [0.4, 0.5) is 14.5 Å². The monoisotopic (exact) mass is 378 g/mol. The van der Waals surface area contributed by atoms with E-state index in [0.717, 1.165) is 6.07 Å². The normalized spacial score (nSPS) is 15.5. The molecule has 0 fully saturated rings. The second-order valence-corrected chi connectivity index (χ2v) is 6.49. The lowest BCUT2D eigenvalue weighted by molar-refractivity contribution is -0.121. The Morgan fingerprint density at radius 3 is 2.62 bits per heavy atom. The van der Waals surface area contributed by atoms with Gasteiger partial charge in [-0.3, -0.25) is 9.59 Å². The van der Waals surface area contributed by atoms with Crippen molar-refractivity contribution in [2.24, 2.45) is 0 Å². The van der Waals surface area contributed by atoms with Gasteiger partial charge in [-0.15, -0.1) is 0 Å². The molecule has 0 bridgehead atoms. The first kappa shape index (κ1) is 18.3. The van der Waals surface area contributed by atoms with Gasteiger partial charge in [0.1, 0.15) is 11.6 Å².